The van der Waals surface area contributed by atoms with E-state index in [0.717, 1.165) is 40.7 Å². The van der Waals surface area contributed by atoms with Gasteiger partial charge in [0.25, 0.3) is 0 Å². The third-order valence-electron chi connectivity index (χ3n) is 3.88. The maximum atomic E-state index is 6.12. The van der Waals surface area contributed by atoms with Crippen molar-refractivity contribution in [3.63, 3.8) is 0 Å². The summed E-state index contributed by atoms with van der Waals surface area (Å²) >= 11 is 9.90. The highest BCUT2D eigenvalue weighted by Crippen LogP contribution is 2.40. The minimum absolute atomic E-state index is 0.465. The van der Waals surface area contributed by atoms with E-state index in [4.69, 9.17) is 21.7 Å². The smallest absolute Gasteiger partial charge is 0.190 e. The predicted octanol–water partition coefficient (Wildman–Crippen LogP) is 4.69. The molecule has 1 heterocycles. The SMILES string of the molecule is COC(=S)c1cc(S)c(Oc2ccccc2)c(N2CCCC2)c1. The highest BCUT2D eigenvalue weighted by Gasteiger charge is 2.21. The first-order chi connectivity index (χ1) is 11.2. The van der Waals surface area contributed by atoms with E-state index < -0.39 is 0 Å². The average Bonchev–Trinajstić information content (AvgIpc) is 3.11. The molecule has 2 aromatic carbocycles. The van der Waals surface area contributed by atoms with Gasteiger partial charge in [-0.05, 0) is 49.3 Å². The Morgan fingerprint density at radius 3 is 2.48 bits per heavy atom. The number of benzene rings is 2. The number of hydrogen-bond donors (Lipinski definition) is 1. The minimum Gasteiger partial charge on any atom is -0.486 e. The molecule has 2 aromatic rings. The van der Waals surface area contributed by atoms with Gasteiger partial charge in [0.15, 0.2) is 10.8 Å². The topological polar surface area (TPSA) is 21.7 Å². The summed E-state index contributed by atoms with van der Waals surface area (Å²) < 4.78 is 11.3. The van der Waals surface area contributed by atoms with Gasteiger partial charge in [0.2, 0.25) is 0 Å². The Labute approximate surface area is 147 Å². The Hall–Kier alpha value is -1.72. The van der Waals surface area contributed by atoms with Gasteiger partial charge in [0.05, 0.1) is 12.8 Å². The van der Waals surface area contributed by atoms with Crippen LogP contribution < -0.4 is 9.64 Å². The molecule has 0 saturated carbocycles. The van der Waals surface area contributed by atoms with Crippen LogP contribution in [0.5, 0.6) is 11.5 Å². The summed E-state index contributed by atoms with van der Waals surface area (Å²) in [5.41, 5.74) is 1.88. The molecule has 120 valence electrons. The van der Waals surface area contributed by atoms with Crippen molar-refractivity contribution in [2.24, 2.45) is 0 Å². The van der Waals surface area contributed by atoms with Gasteiger partial charge in [0, 0.05) is 23.5 Å². The van der Waals surface area contributed by atoms with E-state index in [1.54, 1.807) is 7.11 Å². The number of ether oxygens (including phenoxy) is 2. The van der Waals surface area contributed by atoms with Gasteiger partial charge in [-0.1, -0.05) is 18.2 Å². The van der Waals surface area contributed by atoms with Gasteiger partial charge in [-0.25, -0.2) is 0 Å². The third-order valence-corrected chi connectivity index (χ3v) is 4.62. The number of para-hydroxylation sites is 1. The molecule has 0 aromatic heterocycles. The summed E-state index contributed by atoms with van der Waals surface area (Å²) in [5.74, 6) is 1.56. The lowest BCUT2D eigenvalue weighted by atomic mass is 10.1. The number of rotatable bonds is 4. The van der Waals surface area contributed by atoms with E-state index >= 15 is 0 Å². The van der Waals surface area contributed by atoms with Crippen molar-refractivity contribution in [2.45, 2.75) is 17.7 Å². The summed E-state index contributed by atoms with van der Waals surface area (Å²) in [5, 5.41) is 0.465. The van der Waals surface area contributed by atoms with E-state index in [2.05, 4.69) is 17.5 Å². The van der Waals surface area contributed by atoms with Crippen LogP contribution in [0.3, 0.4) is 0 Å². The van der Waals surface area contributed by atoms with Crippen molar-refractivity contribution < 1.29 is 9.47 Å². The molecule has 0 spiro atoms. The molecule has 0 bridgehead atoms. The number of nitrogens with zero attached hydrogens (tertiary/aromatic N) is 1. The molecule has 0 aliphatic carbocycles. The molecule has 3 nitrogen and oxygen atoms in total. The third kappa shape index (κ3) is 3.62. The summed E-state index contributed by atoms with van der Waals surface area (Å²) in [6, 6.07) is 13.7. The second-order valence-corrected chi connectivity index (χ2v) is 6.30. The Balaban J connectivity index is 2.03. The van der Waals surface area contributed by atoms with Crippen LogP contribution in [0, 0.1) is 0 Å². The zero-order chi connectivity index (χ0) is 16.2. The maximum absolute atomic E-state index is 6.12. The first kappa shape index (κ1) is 16.1. The fraction of sp³-hybridized carbons (Fsp3) is 0.278. The van der Waals surface area contributed by atoms with Crippen molar-refractivity contribution in [3.05, 3.63) is 48.0 Å². The lowest BCUT2D eigenvalue weighted by Gasteiger charge is -2.23. The second-order valence-electron chi connectivity index (χ2n) is 5.44. The summed E-state index contributed by atoms with van der Waals surface area (Å²) in [7, 11) is 1.59. The number of thiocarbonyl (C=S) groups is 1. The second kappa shape index (κ2) is 7.23. The molecule has 0 N–H and O–H groups in total. The number of methoxy groups -OCH3 is 1. The molecule has 5 heteroatoms. The van der Waals surface area contributed by atoms with E-state index in [-0.39, 0.29) is 0 Å². The Kier molecular flexibility index (Phi) is 5.08. The van der Waals surface area contributed by atoms with Gasteiger partial charge in [-0.2, -0.15) is 0 Å². The van der Waals surface area contributed by atoms with E-state index in [1.165, 1.54) is 12.8 Å². The zero-order valence-electron chi connectivity index (χ0n) is 13.0. The number of anilines is 1. The van der Waals surface area contributed by atoms with Gasteiger partial charge in [-0.3, -0.25) is 0 Å². The van der Waals surface area contributed by atoms with Crippen LogP contribution in [0.4, 0.5) is 5.69 Å². The Bertz CT molecular complexity index is 698. The van der Waals surface area contributed by atoms with Crippen molar-refractivity contribution in [1.82, 2.24) is 0 Å². The molecule has 1 fully saturated rings. The molecule has 1 saturated heterocycles. The van der Waals surface area contributed by atoms with Crippen molar-refractivity contribution >= 4 is 35.6 Å². The van der Waals surface area contributed by atoms with E-state index in [1.807, 2.05) is 42.5 Å². The van der Waals surface area contributed by atoms with Crippen LogP contribution in [-0.2, 0) is 4.74 Å². The van der Waals surface area contributed by atoms with Crippen molar-refractivity contribution in [1.29, 1.82) is 0 Å². The molecular formula is C18H19NO2S2. The monoisotopic (exact) mass is 345 g/mol. The molecule has 1 aliphatic heterocycles. The molecule has 0 atom stereocenters. The zero-order valence-corrected chi connectivity index (χ0v) is 14.7. The average molecular weight is 345 g/mol. The fourth-order valence-electron chi connectivity index (χ4n) is 2.74. The summed E-state index contributed by atoms with van der Waals surface area (Å²) in [6.45, 7) is 2.03. The first-order valence-corrected chi connectivity index (χ1v) is 8.48. The molecule has 1 aliphatic rings. The van der Waals surface area contributed by atoms with Gasteiger partial charge in [-0.15, -0.1) is 12.6 Å². The standard InChI is InChI=1S/C18H19NO2S2/c1-20-18(23)13-11-15(19-9-5-6-10-19)17(16(22)12-13)21-14-7-3-2-4-8-14/h2-4,7-8,11-12,22H,5-6,9-10H2,1H3. The molecule has 23 heavy (non-hydrogen) atoms. The highest BCUT2D eigenvalue weighted by atomic mass is 32.1. The lowest BCUT2D eigenvalue weighted by Crippen LogP contribution is -2.19. The van der Waals surface area contributed by atoms with Crippen LogP contribution >= 0.6 is 24.8 Å². The number of thiol groups is 1. The summed E-state index contributed by atoms with van der Waals surface area (Å²) in [6.07, 6.45) is 2.37. The van der Waals surface area contributed by atoms with Gasteiger partial charge in [0.1, 0.15) is 5.75 Å². The van der Waals surface area contributed by atoms with Crippen molar-refractivity contribution in [3.8, 4) is 11.5 Å². The van der Waals surface area contributed by atoms with Gasteiger partial charge >= 0.3 is 0 Å². The van der Waals surface area contributed by atoms with Crippen molar-refractivity contribution in [2.75, 3.05) is 25.1 Å². The molecule has 0 radical (unpaired) electrons. The quantitative estimate of drug-likeness (QED) is 0.641. The predicted molar refractivity (Wildman–Crippen MR) is 100 cm³/mol. The van der Waals surface area contributed by atoms with Crippen LogP contribution in [0.15, 0.2) is 47.4 Å². The van der Waals surface area contributed by atoms with E-state index in [0.29, 0.717) is 5.05 Å². The minimum atomic E-state index is 0.465. The Morgan fingerprint density at radius 2 is 1.83 bits per heavy atom. The highest BCUT2D eigenvalue weighted by molar-refractivity contribution is 7.80. The van der Waals surface area contributed by atoms with E-state index in [9.17, 15) is 0 Å². The maximum Gasteiger partial charge on any atom is 0.190 e. The molecule has 3 rings (SSSR count). The molecular weight excluding hydrogens is 326 g/mol. The first-order valence-electron chi connectivity index (χ1n) is 7.62. The number of hydrogen-bond acceptors (Lipinski definition) is 5. The Morgan fingerprint density at radius 1 is 1.13 bits per heavy atom. The largest absolute Gasteiger partial charge is 0.486 e. The van der Waals surface area contributed by atoms with Crippen LogP contribution in [0.1, 0.15) is 18.4 Å². The fourth-order valence-corrected chi connectivity index (χ4v) is 3.16. The summed E-state index contributed by atoms with van der Waals surface area (Å²) in [4.78, 5) is 3.08. The molecule has 0 unspecified atom stereocenters. The van der Waals surface area contributed by atoms with Crippen LogP contribution in [0.25, 0.3) is 0 Å². The lowest BCUT2D eigenvalue weighted by molar-refractivity contribution is 0.415. The molecule has 0 amide bonds. The normalized spacial score (nSPS) is 13.9. The van der Waals surface area contributed by atoms with Crippen LogP contribution in [-0.4, -0.2) is 25.2 Å². The van der Waals surface area contributed by atoms with Crippen LogP contribution in [0.2, 0.25) is 0 Å². The van der Waals surface area contributed by atoms with Gasteiger partial charge < -0.3 is 14.4 Å².